The van der Waals surface area contributed by atoms with Crippen molar-refractivity contribution in [1.29, 1.82) is 0 Å². The number of carbonyl (C=O) groups excluding carboxylic acids is 2. The molecule has 1 saturated carbocycles. The van der Waals surface area contributed by atoms with Crippen molar-refractivity contribution in [3.8, 4) is 5.75 Å². The molecular formula is C24H18Br2N2O5. The number of halogens is 2. The van der Waals surface area contributed by atoms with Gasteiger partial charge in [-0.15, -0.1) is 0 Å². The lowest BCUT2D eigenvalue weighted by Crippen LogP contribution is -2.28. The highest BCUT2D eigenvalue weighted by Crippen LogP contribution is 2.52. The number of hydrogen-bond donors (Lipinski definition) is 1. The van der Waals surface area contributed by atoms with Crippen molar-refractivity contribution in [2.45, 2.75) is 13.0 Å². The van der Waals surface area contributed by atoms with Crippen LogP contribution in [0.2, 0.25) is 0 Å². The summed E-state index contributed by atoms with van der Waals surface area (Å²) >= 11 is 6.97. The molecule has 4 atom stereocenters. The number of hydrogen-bond acceptors (Lipinski definition) is 5. The molecule has 2 aromatic rings. The summed E-state index contributed by atoms with van der Waals surface area (Å²) in [6, 6.07) is 10.1. The second kappa shape index (κ2) is 8.53. The van der Waals surface area contributed by atoms with Crippen LogP contribution in [-0.2, 0) is 16.2 Å². The molecule has 3 aliphatic rings. The Labute approximate surface area is 206 Å². The van der Waals surface area contributed by atoms with Crippen LogP contribution in [0, 0.1) is 23.7 Å². The van der Waals surface area contributed by atoms with Gasteiger partial charge in [-0.25, -0.2) is 4.79 Å². The normalized spacial score (nSPS) is 25.3. The molecular weight excluding hydrogens is 556 g/mol. The summed E-state index contributed by atoms with van der Waals surface area (Å²) in [6.07, 6.45) is 6.47. The number of carboxylic acid groups (broad SMARTS) is 1. The van der Waals surface area contributed by atoms with Crippen LogP contribution in [0.25, 0.3) is 0 Å². The molecule has 2 bridgehead atoms. The van der Waals surface area contributed by atoms with Gasteiger partial charge < -0.3 is 9.84 Å². The number of ether oxygens (including phenoxy) is 1. The fraction of sp³-hybridized carbons (Fsp3) is 0.250. The summed E-state index contributed by atoms with van der Waals surface area (Å²) in [4.78, 5) is 36.7. The molecule has 5 rings (SSSR count). The average molecular weight is 574 g/mol. The van der Waals surface area contributed by atoms with Crippen molar-refractivity contribution in [3.63, 3.8) is 0 Å². The molecule has 2 fully saturated rings. The Morgan fingerprint density at radius 3 is 2.33 bits per heavy atom. The number of carbonyl (C=O) groups is 3. The van der Waals surface area contributed by atoms with Gasteiger partial charge >= 0.3 is 5.97 Å². The Hall–Kier alpha value is -2.78. The maximum atomic E-state index is 12.8. The highest BCUT2D eigenvalue weighted by molar-refractivity contribution is 9.11. The number of rotatable bonds is 6. The van der Waals surface area contributed by atoms with Crippen LogP contribution < -0.4 is 4.74 Å². The maximum Gasteiger partial charge on any atom is 0.335 e. The first-order chi connectivity index (χ1) is 15.8. The standard InChI is InChI=1S/C24H18Br2N2O5/c25-17-7-13(8-18(26)21(17)33-11-12-2-1-3-16(6-12)24(31)32)10-27-28-22(29)19-14-4-5-15(9-14)20(19)23(28)30/h1-8,10,14-15,19-20H,9,11H2,(H,31,32)/t14-,15-,19-,20+/m0/s1. The second-order valence-electron chi connectivity index (χ2n) is 8.34. The van der Waals surface area contributed by atoms with Crippen molar-refractivity contribution in [1.82, 2.24) is 5.01 Å². The van der Waals surface area contributed by atoms with E-state index in [4.69, 9.17) is 9.84 Å². The summed E-state index contributed by atoms with van der Waals surface area (Å²) in [5, 5.41) is 14.4. The molecule has 0 spiro atoms. The number of hydrazone groups is 1. The van der Waals surface area contributed by atoms with Crippen LogP contribution >= 0.6 is 31.9 Å². The quantitative estimate of drug-likeness (QED) is 0.309. The van der Waals surface area contributed by atoms with E-state index in [0.717, 1.165) is 17.0 Å². The van der Waals surface area contributed by atoms with Gasteiger partial charge in [0.05, 0.1) is 32.6 Å². The van der Waals surface area contributed by atoms with E-state index in [-0.39, 0.29) is 47.7 Å². The highest BCUT2D eigenvalue weighted by atomic mass is 79.9. The van der Waals surface area contributed by atoms with Crippen LogP contribution in [0.4, 0.5) is 0 Å². The Bertz CT molecular complexity index is 1190. The molecule has 1 aliphatic heterocycles. The number of carboxylic acids is 1. The third kappa shape index (κ3) is 3.93. The molecule has 0 unspecified atom stereocenters. The predicted octanol–water partition coefficient (Wildman–Crippen LogP) is 4.63. The van der Waals surface area contributed by atoms with Crippen LogP contribution in [0.1, 0.15) is 27.9 Å². The number of nitrogens with zero attached hydrogens (tertiary/aromatic N) is 2. The molecule has 168 valence electrons. The van der Waals surface area contributed by atoms with Gasteiger partial charge in [-0.1, -0.05) is 24.3 Å². The van der Waals surface area contributed by atoms with Crippen LogP contribution in [0.3, 0.4) is 0 Å². The summed E-state index contributed by atoms with van der Waals surface area (Å²) in [7, 11) is 0. The minimum absolute atomic E-state index is 0.146. The minimum atomic E-state index is -0.995. The van der Waals surface area contributed by atoms with Crippen molar-refractivity contribution in [2.75, 3.05) is 0 Å². The summed E-state index contributed by atoms with van der Waals surface area (Å²) in [5.74, 6) is -1.17. The van der Waals surface area contributed by atoms with E-state index in [1.165, 1.54) is 12.3 Å². The lowest BCUT2D eigenvalue weighted by Gasteiger charge is -2.13. The first-order valence-corrected chi connectivity index (χ1v) is 12.0. The number of fused-ring (bicyclic) bond motifs is 5. The lowest BCUT2D eigenvalue weighted by atomic mass is 9.85. The van der Waals surface area contributed by atoms with E-state index in [2.05, 4.69) is 49.1 Å². The summed E-state index contributed by atoms with van der Waals surface area (Å²) in [5.41, 5.74) is 1.59. The SMILES string of the molecule is O=C(O)c1cccc(COc2c(Br)cc(C=NN3C(=O)[C@@H]4[C@H](C3=O)[C@H]3C=C[C@H]4C3)cc2Br)c1. The molecule has 0 aromatic heterocycles. The molecule has 7 nitrogen and oxygen atoms in total. The fourth-order valence-corrected chi connectivity index (χ4v) is 6.32. The van der Waals surface area contributed by atoms with Crippen LogP contribution in [0.5, 0.6) is 5.75 Å². The highest BCUT2D eigenvalue weighted by Gasteiger charge is 2.59. The van der Waals surface area contributed by atoms with Gasteiger partial charge in [0.2, 0.25) is 0 Å². The first-order valence-electron chi connectivity index (χ1n) is 10.4. The molecule has 2 aromatic carbocycles. The average Bonchev–Trinajstić information content (AvgIpc) is 3.46. The Morgan fingerprint density at radius 2 is 1.73 bits per heavy atom. The zero-order chi connectivity index (χ0) is 23.3. The zero-order valence-corrected chi connectivity index (χ0v) is 20.3. The predicted molar refractivity (Wildman–Crippen MR) is 127 cm³/mol. The summed E-state index contributed by atoms with van der Waals surface area (Å²) in [6.45, 7) is 0.182. The van der Waals surface area contributed by atoms with Crippen molar-refractivity contribution < 1.29 is 24.2 Å². The lowest BCUT2D eigenvalue weighted by molar-refractivity contribution is -0.140. The van der Waals surface area contributed by atoms with Gasteiger partial charge in [-0.05, 0) is 85.5 Å². The van der Waals surface area contributed by atoms with Gasteiger partial charge in [0.1, 0.15) is 12.4 Å². The Kier molecular flexibility index (Phi) is 5.70. The number of imide groups is 1. The maximum absolute atomic E-state index is 12.8. The molecule has 0 radical (unpaired) electrons. The van der Waals surface area contributed by atoms with Crippen molar-refractivity contribution in [2.24, 2.45) is 28.8 Å². The van der Waals surface area contributed by atoms with E-state index in [1.54, 1.807) is 30.3 Å². The molecule has 2 aliphatic carbocycles. The molecule has 9 heteroatoms. The van der Waals surface area contributed by atoms with Gasteiger partial charge in [-0.2, -0.15) is 10.1 Å². The topological polar surface area (TPSA) is 96.3 Å². The summed E-state index contributed by atoms with van der Waals surface area (Å²) < 4.78 is 7.17. The van der Waals surface area contributed by atoms with E-state index in [0.29, 0.717) is 20.3 Å². The number of benzene rings is 2. The third-order valence-electron chi connectivity index (χ3n) is 6.35. The third-order valence-corrected chi connectivity index (χ3v) is 7.53. The van der Waals surface area contributed by atoms with E-state index < -0.39 is 5.97 Å². The molecule has 2 amide bonds. The van der Waals surface area contributed by atoms with E-state index in [9.17, 15) is 14.4 Å². The smallest absolute Gasteiger partial charge is 0.335 e. The zero-order valence-electron chi connectivity index (χ0n) is 17.2. The number of amides is 2. The van der Waals surface area contributed by atoms with Gasteiger partial charge in [-0.3, -0.25) is 9.59 Å². The van der Waals surface area contributed by atoms with Crippen molar-refractivity contribution in [3.05, 3.63) is 74.2 Å². The Morgan fingerprint density at radius 1 is 1.09 bits per heavy atom. The molecule has 1 N–H and O–H groups in total. The molecule has 1 saturated heterocycles. The van der Waals surface area contributed by atoms with Gasteiger partial charge in [0.25, 0.3) is 11.8 Å². The number of aromatic carboxylic acids is 1. The molecule has 1 heterocycles. The largest absolute Gasteiger partial charge is 0.487 e. The first kappa shape index (κ1) is 22.0. The second-order valence-corrected chi connectivity index (χ2v) is 10.0. The van der Waals surface area contributed by atoms with Gasteiger partial charge in [0, 0.05) is 0 Å². The fourth-order valence-electron chi connectivity index (χ4n) is 4.87. The Balaban J connectivity index is 1.29. The molecule has 33 heavy (non-hydrogen) atoms. The number of allylic oxidation sites excluding steroid dienone is 2. The van der Waals surface area contributed by atoms with Crippen LogP contribution in [-0.4, -0.2) is 34.1 Å². The van der Waals surface area contributed by atoms with Crippen LogP contribution in [0.15, 0.2) is 62.6 Å². The van der Waals surface area contributed by atoms with Crippen molar-refractivity contribution >= 4 is 55.9 Å². The van der Waals surface area contributed by atoms with Gasteiger partial charge in [0.15, 0.2) is 0 Å². The monoisotopic (exact) mass is 572 g/mol. The van der Waals surface area contributed by atoms with E-state index >= 15 is 0 Å². The van der Waals surface area contributed by atoms with E-state index in [1.807, 2.05) is 0 Å². The minimum Gasteiger partial charge on any atom is -0.487 e.